The van der Waals surface area contributed by atoms with Crippen LogP contribution >= 0.6 is 0 Å². The van der Waals surface area contributed by atoms with Crippen LogP contribution in [0, 0.1) is 11.7 Å². The van der Waals surface area contributed by atoms with Gasteiger partial charge in [0, 0.05) is 29.8 Å². The molecule has 6 nitrogen and oxygen atoms in total. The van der Waals surface area contributed by atoms with E-state index in [9.17, 15) is 4.79 Å². The fraction of sp³-hybridized carbons (Fsp3) is 0.480. The Morgan fingerprint density at radius 1 is 1.06 bits per heavy atom. The van der Waals surface area contributed by atoms with Crippen LogP contribution in [-0.2, 0) is 10.2 Å². The van der Waals surface area contributed by atoms with Gasteiger partial charge in [-0.25, -0.2) is 4.39 Å². The molecule has 0 saturated carbocycles. The van der Waals surface area contributed by atoms with Crippen molar-refractivity contribution in [2.75, 3.05) is 37.9 Å². The van der Waals surface area contributed by atoms with Gasteiger partial charge in [0.1, 0.15) is 23.6 Å². The van der Waals surface area contributed by atoms with Gasteiger partial charge >= 0.3 is 0 Å². The molecular weight excluding hydrogens is 411 g/mol. The number of anilines is 1. The molecule has 1 fully saturated rings. The van der Waals surface area contributed by atoms with E-state index < -0.39 is 5.41 Å². The molecule has 4 aliphatic rings. The Morgan fingerprint density at radius 2 is 1.81 bits per heavy atom. The van der Waals surface area contributed by atoms with Gasteiger partial charge in [0.15, 0.2) is 11.5 Å². The van der Waals surface area contributed by atoms with E-state index >= 15 is 4.39 Å². The van der Waals surface area contributed by atoms with Crippen LogP contribution < -0.4 is 19.1 Å². The van der Waals surface area contributed by atoms with Crippen LogP contribution in [0.4, 0.5) is 10.1 Å². The highest BCUT2D eigenvalue weighted by atomic mass is 19.1. The molecule has 1 spiro atoms. The van der Waals surface area contributed by atoms with E-state index in [0.717, 1.165) is 31.5 Å². The van der Waals surface area contributed by atoms with E-state index in [1.807, 2.05) is 12.1 Å². The lowest BCUT2D eigenvalue weighted by Crippen LogP contribution is -2.46. The predicted octanol–water partition coefficient (Wildman–Crippen LogP) is 3.70. The average Bonchev–Trinajstić information content (AvgIpc) is 3.46. The quantitative estimate of drug-likeness (QED) is 0.732. The molecule has 4 heterocycles. The molecule has 1 saturated heterocycles. The third kappa shape index (κ3) is 2.70. The second kappa shape index (κ2) is 7.10. The zero-order chi connectivity index (χ0) is 22.0. The van der Waals surface area contributed by atoms with E-state index in [1.165, 1.54) is 6.07 Å². The van der Waals surface area contributed by atoms with E-state index in [0.29, 0.717) is 47.0 Å². The van der Waals surface area contributed by atoms with Crippen molar-refractivity contribution in [3.63, 3.8) is 0 Å². The van der Waals surface area contributed by atoms with Gasteiger partial charge < -0.3 is 24.0 Å². The first-order valence-corrected chi connectivity index (χ1v) is 11.4. The van der Waals surface area contributed by atoms with Crippen LogP contribution in [0.25, 0.3) is 0 Å². The number of likely N-dealkylation sites (tertiary alicyclic amines) is 1. The highest BCUT2D eigenvalue weighted by molar-refractivity contribution is 6.11. The molecule has 1 amide bonds. The number of para-hydroxylation sites is 1. The molecule has 0 N–H and O–H groups in total. The molecule has 0 aromatic heterocycles. The number of carbonyl (C=O) groups excluding carboxylic acids is 1. The standard InChI is InChI=1S/C25H27FN2O4/c1-15(2)27-8-6-16(7-9-27)12-28-23-17(4-3-5-19(23)26)25(24(28)29)13-30-20-11-22-21(10-18(20)25)31-14-32-22/h3-5,10-11,15-16H,6-9,12-14H2,1-2H3. The molecule has 1 unspecified atom stereocenters. The monoisotopic (exact) mass is 438 g/mol. The topological polar surface area (TPSA) is 51.2 Å². The van der Waals surface area contributed by atoms with Crippen LogP contribution in [0.3, 0.4) is 0 Å². The summed E-state index contributed by atoms with van der Waals surface area (Å²) in [6, 6.07) is 9.12. The number of carbonyl (C=O) groups is 1. The molecule has 6 rings (SSSR count). The van der Waals surface area contributed by atoms with Crippen molar-refractivity contribution in [3.05, 3.63) is 47.3 Å². The van der Waals surface area contributed by atoms with E-state index in [2.05, 4.69) is 18.7 Å². The smallest absolute Gasteiger partial charge is 0.245 e. The molecule has 7 heteroatoms. The van der Waals surface area contributed by atoms with E-state index in [1.54, 1.807) is 17.0 Å². The fourth-order valence-electron chi connectivity index (χ4n) is 5.71. The van der Waals surface area contributed by atoms with Gasteiger partial charge in [0.25, 0.3) is 0 Å². The molecule has 1 atom stereocenters. The van der Waals surface area contributed by atoms with Crippen molar-refractivity contribution in [3.8, 4) is 17.2 Å². The number of benzene rings is 2. The van der Waals surface area contributed by atoms with Crippen LogP contribution in [0.15, 0.2) is 30.3 Å². The zero-order valence-electron chi connectivity index (χ0n) is 18.4. The van der Waals surface area contributed by atoms with E-state index in [-0.39, 0.29) is 25.1 Å². The van der Waals surface area contributed by atoms with Gasteiger partial charge in [-0.1, -0.05) is 12.1 Å². The maximum absolute atomic E-state index is 15.2. The second-order valence-electron chi connectivity index (χ2n) is 9.52. The Morgan fingerprint density at radius 3 is 2.56 bits per heavy atom. The number of nitrogens with zero attached hydrogens (tertiary/aromatic N) is 2. The summed E-state index contributed by atoms with van der Waals surface area (Å²) in [6.45, 7) is 7.27. The first-order valence-electron chi connectivity index (χ1n) is 11.4. The minimum Gasteiger partial charge on any atom is -0.491 e. The van der Waals surface area contributed by atoms with Gasteiger partial charge in [0.05, 0.1) is 5.69 Å². The lowest BCUT2D eigenvalue weighted by molar-refractivity contribution is -0.122. The Hall–Kier alpha value is -2.80. The predicted molar refractivity (Wildman–Crippen MR) is 117 cm³/mol. The Kier molecular flexibility index (Phi) is 4.41. The first kappa shape index (κ1) is 19.9. The summed E-state index contributed by atoms with van der Waals surface area (Å²) in [5.74, 6) is 1.68. The third-order valence-electron chi connectivity index (χ3n) is 7.53. The second-order valence-corrected chi connectivity index (χ2v) is 9.52. The Balaban J connectivity index is 1.38. The van der Waals surface area contributed by atoms with Gasteiger partial charge in [-0.3, -0.25) is 4.79 Å². The van der Waals surface area contributed by atoms with Gasteiger partial charge in [-0.05, 0) is 57.8 Å². The number of halogens is 1. The van der Waals surface area contributed by atoms with Crippen LogP contribution in [-0.4, -0.2) is 49.9 Å². The summed E-state index contributed by atoms with van der Waals surface area (Å²) in [4.78, 5) is 18.2. The molecule has 2 aromatic carbocycles. The van der Waals surface area contributed by atoms with Crippen molar-refractivity contribution < 1.29 is 23.4 Å². The normalized spacial score (nSPS) is 24.4. The number of hydrogen-bond acceptors (Lipinski definition) is 5. The van der Waals surface area contributed by atoms with Crippen molar-refractivity contribution in [2.24, 2.45) is 5.92 Å². The van der Waals surface area contributed by atoms with Gasteiger partial charge in [-0.2, -0.15) is 0 Å². The summed E-state index contributed by atoms with van der Waals surface area (Å²) in [5, 5.41) is 0. The van der Waals surface area contributed by atoms with Crippen molar-refractivity contribution in [1.82, 2.24) is 4.90 Å². The minimum absolute atomic E-state index is 0.110. The molecular formula is C25H27FN2O4. The summed E-state index contributed by atoms with van der Waals surface area (Å²) in [5.41, 5.74) is 0.764. The maximum Gasteiger partial charge on any atom is 0.245 e. The third-order valence-corrected chi connectivity index (χ3v) is 7.53. The summed E-state index contributed by atoms with van der Waals surface area (Å²) in [7, 11) is 0. The molecule has 4 aliphatic heterocycles. The summed E-state index contributed by atoms with van der Waals surface area (Å²) in [6.07, 6.45) is 2.01. The number of fused-ring (bicyclic) bond motifs is 5. The lowest BCUT2D eigenvalue weighted by Gasteiger charge is -2.36. The molecule has 32 heavy (non-hydrogen) atoms. The largest absolute Gasteiger partial charge is 0.491 e. The van der Waals surface area contributed by atoms with Gasteiger partial charge in [0.2, 0.25) is 12.7 Å². The molecule has 0 bridgehead atoms. The molecule has 168 valence electrons. The molecule has 2 aromatic rings. The van der Waals surface area contributed by atoms with Crippen LogP contribution in [0.1, 0.15) is 37.8 Å². The Labute approximate surface area is 186 Å². The number of rotatable bonds is 3. The van der Waals surface area contributed by atoms with Crippen LogP contribution in [0.5, 0.6) is 17.2 Å². The fourth-order valence-corrected chi connectivity index (χ4v) is 5.71. The zero-order valence-corrected chi connectivity index (χ0v) is 18.4. The summed E-state index contributed by atoms with van der Waals surface area (Å²) >= 11 is 0. The number of piperidine rings is 1. The first-order chi connectivity index (χ1) is 15.5. The summed E-state index contributed by atoms with van der Waals surface area (Å²) < 4.78 is 32.2. The van der Waals surface area contributed by atoms with E-state index in [4.69, 9.17) is 14.2 Å². The number of ether oxygens (including phenoxy) is 3. The average molecular weight is 438 g/mol. The maximum atomic E-state index is 15.2. The number of hydrogen-bond donors (Lipinski definition) is 0. The van der Waals surface area contributed by atoms with Crippen molar-refractivity contribution in [1.29, 1.82) is 0 Å². The molecule has 0 aliphatic carbocycles. The Bertz CT molecular complexity index is 1100. The minimum atomic E-state index is -1.05. The highest BCUT2D eigenvalue weighted by Crippen LogP contribution is 2.55. The SMILES string of the molecule is CC(C)N1CCC(CN2C(=O)C3(COc4cc5c(cc43)OCO5)c3cccc(F)c32)CC1. The highest BCUT2D eigenvalue weighted by Gasteiger charge is 2.58. The number of amides is 1. The van der Waals surface area contributed by atoms with Crippen molar-refractivity contribution >= 4 is 11.6 Å². The lowest BCUT2D eigenvalue weighted by atomic mass is 9.77. The van der Waals surface area contributed by atoms with Crippen molar-refractivity contribution in [2.45, 2.75) is 38.1 Å². The van der Waals surface area contributed by atoms with Crippen LogP contribution in [0.2, 0.25) is 0 Å². The van der Waals surface area contributed by atoms with Gasteiger partial charge in [-0.15, -0.1) is 0 Å². The molecule has 0 radical (unpaired) electrons.